The minimum Gasteiger partial charge on any atom is -0.508 e. The number of ketones is 1. The third-order valence-electron chi connectivity index (χ3n) is 4.67. The number of carbonyl (C=O) groups excluding carboxylic acids is 2. The van der Waals surface area contributed by atoms with Gasteiger partial charge in [-0.1, -0.05) is 0 Å². The van der Waals surface area contributed by atoms with E-state index in [1.54, 1.807) is 17.0 Å². The number of benzene rings is 1. The van der Waals surface area contributed by atoms with Gasteiger partial charge in [-0.15, -0.1) is 0 Å². The first kappa shape index (κ1) is 15.5. The van der Waals surface area contributed by atoms with Crippen molar-refractivity contribution in [1.29, 1.82) is 0 Å². The Morgan fingerprint density at radius 3 is 2.30 bits per heavy atom. The lowest BCUT2D eigenvalue weighted by atomic mass is 9.88. The van der Waals surface area contributed by atoms with Gasteiger partial charge in [0.05, 0.1) is 0 Å². The lowest BCUT2D eigenvalue weighted by Crippen LogP contribution is -2.41. The van der Waals surface area contributed by atoms with Gasteiger partial charge in [-0.05, 0) is 37.1 Å². The number of hydrogen-bond donors (Lipinski definition) is 1. The molecule has 7 heteroatoms. The second kappa shape index (κ2) is 5.98. The number of Topliss-reactive ketones (excluding diaryl/α,β-unsaturated/α-hetero) is 1. The van der Waals surface area contributed by atoms with Crippen molar-refractivity contribution in [2.24, 2.45) is 11.8 Å². The molecule has 1 aliphatic heterocycles. The maximum absolute atomic E-state index is 12.4. The number of phenolic OH excluding ortho intramolecular Hbond substituents is 1. The van der Waals surface area contributed by atoms with Crippen molar-refractivity contribution in [3.8, 4) is 5.75 Å². The molecule has 0 spiro atoms. The molecule has 0 radical (unpaired) electrons. The van der Waals surface area contributed by atoms with E-state index in [0.29, 0.717) is 37.9 Å². The lowest BCUT2D eigenvalue weighted by Gasteiger charge is -2.31. The molecular formula is C16H18N2O5. The van der Waals surface area contributed by atoms with Gasteiger partial charge in [0.2, 0.25) is 11.9 Å². The van der Waals surface area contributed by atoms with E-state index in [9.17, 15) is 24.8 Å². The van der Waals surface area contributed by atoms with Crippen LogP contribution in [0.2, 0.25) is 0 Å². The summed E-state index contributed by atoms with van der Waals surface area (Å²) in [5.41, 5.74) is 0.559. The fourth-order valence-electron chi connectivity index (χ4n) is 3.14. The number of amides is 1. The van der Waals surface area contributed by atoms with Gasteiger partial charge >= 0.3 is 0 Å². The van der Waals surface area contributed by atoms with E-state index in [1.807, 2.05) is 0 Å². The Balaban J connectivity index is 1.54. The van der Waals surface area contributed by atoms with Crippen LogP contribution in [-0.2, 0) is 4.79 Å². The van der Waals surface area contributed by atoms with Gasteiger partial charge in [-0.3, -0.25) is 19.7 Å². The summed E-state index contributed by atoms with van der Waals surface area (Å²) < 4.78 is 0. The Morgan fingerprint density at radius 1 is 1.17 bits per heavy atom. The SMILES string of the molecule is O=C(c1ccc(O)cc1)C1CCN(C(=O)[C@@H]2C[C@@H]2[N+](=O)[O-])CC1. The maximum Gasteiger partial charge on any atom is 0.232 e. The topological polar surface area (TPSA) is 101 Å². The molecule has 1 N–H and O–H groups in total. The largest absolute Gasteiger partial charge is 0.508 e. The molecule has 1 saturated carbocycles. The van der Waals surface area contributed by atoms with Crippen molar-refractivity contribution in [3.05, 3.63) is 39.9 Å². The summed E-state index contributed by atoms with van der Waals surface area (Å²) in [6.45, 7) is 0.933. The molecule has 2 fully saturated rings. The minimum atomic E-state index is -0.723. The summed E-state index contributed by atoms with van der Waals surface area (Å²) >= 11 is 0. The number of carbonyl (C=O) groups is 2. The zero-order valence-corrected chi connectivity index (χ0v) is 12.6. The van der Waals surface area contributed by atoms with E-state index in [-0.39, 0.29) is 28.3 Å². The summed E-state index contributed by atoms with van der Waals surface area (Å²) in [6.07, 6.45) is 1.47. The Morgan fingerprint density at radius 2 is 1.78 bits per heavy atom. The number of rotatable bonds is 4. The second-order valence-corrected chi connectivity index (χ2v) is 6.21. The summed E-state index contributed by atoms with van der Waals surface area (Å²) in [7, 11) is 0. The molecule has 0 unspecified atom stereocenters. The smallest absolute Gasteiger partial charge is 0.232 e. The van der Waals surface area contributed by atoms with Gasteiger partial charge in [0, 0.05) is 35.9 Å². The highest BCUT2D eigenvalue weighted by Crippen LogP contribution is 2.36. The Bertz CT molecular complexity index is 634. The standard InChI is InChI=1S/C16H18N2O5/c19-12-3-1-10(2-4-12)15(20)11-5-7-17(8-6-11)16(21)13-9-14(13)18(22)23/h1-4,11,13-14,19H,5-9H2/t13-,14+/m1/s1. The summed E-state index contributed by atoms with van der Waals surface area (Å²) in [4.78, 5) is 36.5. The minimum absolute atomic E-state index is 0.0201. The van der Waals surface area contributed by atoms with Crippen molar-refractivity contribution in [2.45, 2.75) is 25.3 Å². The van der Waals surface area contributed by atoms with Crippen LogP contribution in [0.15, 0.2) is 24.3 Å². The number of hydrogen-bond acceptors (Lipinski definition) is 5. The molecule has 0 bridgehead atoms. The van der Waals surface area contributed by atoms with Crippen LogP contribution in [0.3, 0.4) is 0 Å². The fraction of sp³-hybridized carbons (Fsp3) is 0.500. The van der Waals surface area contributed by atoms with Crippen molar-refractivity contribution in [2.75, 3.05) is 13.1 Å². The predicted molar refractivity (Wildman–Crippen MR) is 80.6 cm³/mol. The molecular weight excluding hydrogens is 300 g/mol. The molecule has 7 nitrogen and oxygen atoms in total. The van der Waals surface area contributed by atoms with Crippen molar-refractivity contribution in [3.63, 3.8) is 0 Å². The molecule has 1 amide bonds. The summed E-state index contributed by atoms with van der Waals surface area (Å²) in [5, 5.41) is 19.9. The molecule has 1 heterocycles. The number of piperidine rings is 1. The molecule has 1 aromatic carbocycles. The van der Waals surface area contributed by atoms with Crippen molar-refractivity contribution >= 4 is 11.7 Å². The zero-order valence-electron chi connectivity index (χ0n) is 12.6. The molecule has 122 valence electrons. The average molecular weight is 318 g/mol. The molecule has 0 aromatic heterocycles. The molecule has 3 rings (SSSR count). The molecule has 23 heavy (non-hydrogen) atoms. The normalized spacial score (nSPS) is 24.3. The Labute approximate surface area is 133 Å². The fourth-order valence-corrected chi connectivity index (χ4v) is 3.14. The lowest BCUT2D eigenvalue weighted by molar-refractivity contribution is -0.497. The Hall–Kier alpha value is -2.44. The number of likely N-dealkylation sites (tertiary alicyclic amines) is 1. The third kappa shape index (κ3) is 3.18. The van der Waals surface area contributed by atoms with Crippen LogP contribution in [0.5, 0.6) is 5.75 Å². The quantitative estimate of drug-likeness (QED) is 0.515. The van der Waals surface area contributed by atoms with Crippen LogP contribution in [-0.4, -0.2) is 45.8 Å². The van der Waals surface area contributed by atoms with Crippen LogP contribution in [0.1, 0.15) is 29.6 Å². The summed E-state index contributed by atoms with van der Waals surface area (Å²) in [5.74, 6) is -0.635. The van der Waals surface area contributed by atoms with E-state index in [4.69, 9.17) is 0 Å². The van der Waals surface area contributed by atoms with Gasteiger partial charge in [-0.25, -0.2) is 0 Å². The van der Waals surface area contributed by atoms with Gasteiger partial charge in [0.1, 0.15) is 11.7 Å². The van der Waals surface area contributed by atoms with E-state index < -0.39 is 12.0 Å². The van der Waals surface area contributed by atoms with Crippen LogP contribution in [0.25, 0.3) is 0 Å². The van der Waals surface area contributed by atoms with Crippen LogP contribution in [0.4, 0.5) is 0 Å². The average Bonchev–Trinajstić information content (AvgIpc) is 3.35. The highest BCUT2D eigenvalue weighted by Gasteiger charge is 2.54. The van der Waals surface area contributed by atoms with Crippen molar-refractivity contribution in [1.82, 2.24) is 4.90 Å². The first-order valence-corrected chi connectivity index (χ1v) is 7.73. The van der Waals surface area contributed by atoms with E-state index in [2.05, 4.69) is 0 Å². The molecule has 1 aliphatic carbocycles. The predicted octanol–water partition coefficient (Wildman–Crippen LogP) is 1.48. The molecule has 2 aliphatic rings. The maximum atomic E-state index is 12.4. The first-order valence-electron chi connectivity index (χ1n) is 7.73. The van der Waals surface area contributed by atoms with E-state index in [0.717, 1.165) is 0 Å². The number of aromatic hydroxyl groups is 1. The van der Waals surface area contributed by atoms with Crippen LogP contribution < -0.4 is 0 Å². The molecule has 2 atom stereocenters. The molecule has 1 aromatic rings. The highest BCUT2D eigenvalue weighted by atomic mass is 16.6. The van der Waals surface area contributed by atoms with Crippen LogP contribution >= 0.6 is 0 Å². The number of phenols is 1. The first-order chi connectivity index (χ1) is 11.0. The van der Waals surface area contributed by atoms with Crippen molar-refractivity contribution < 1.29 is 19.6 Å². The third-order valence-corrected chi connectivity index (χ3v) is 4.67. The van der Waals surface area contributed by atoms with Gasteiger partial charge < -0.3 is 10.0 Å². The summed E-state index contributed by atoms with van der Waals surface area (Å²) in [6, 6.07) is 5.44. The van der Waals surface area contributed by atoms with Gasteiger partial charge in [-0.2, -0.15) is 0 Å². The monoisotopic (exact) mass is 318 g/mol. The molecule has 1 saturated heterocycles. The highest BCUT2D eigenvalue weighted by molar-refractivity contribution is 5.98. The van der Waals surface area contributed by atoms with E-state index >= 15 is 0 Å². The van der Waals surface area contributed by atoms with E-state index in [1.165, 1.54) is 12.1 Å². The second-order valence-electron chi connectivity index (χ2n) is 6.21. The van der Waals surface area contributed by atoms with Crippen LogP contribution in [0, 0.1) is 22.0 Å². The zero-order chi connectivity index (χ0) is 16.6. The van der Waals surface area contributed by atoms with Gasteiger partial charge in [0.15, 0.2) is 5.78 Å². The Kier molecular flexibility index (Phi) is 4.02. The number of nitro groups is 1. The number of nitrogens with zero attached hydrogens (tertiary/aromatic N) is 2. The van der Waals surface area contributed by atoms with Gasteiger partial charge in [0.25, 0.3) is 0 Å².